The van der Waals surface area contributed by atoms with Crippen molar-refractivity contribution in [3.63, 3.8) is 0 Å². The maximum atomic E-state index is 12.7. The molecule has 0 spiro atoms. The highest BCUT2D eigenvalue weighted by molar-refractivity contribution is 6.12. The summed E-state index contributed by atoms with van der Waals surface area (Å²) >= 11 is 0. The first-order valence-corrected chi connectivity index (χ1v) is 8.26. The highest BCUT2D eigenvalue weighted by Crippen LogP contribution is 2.20. The van der Waals surface area contributed by atoms with Crippen LogP contribution in [0.25, 0.3) is 22.3 Å². The summed E-state index contributed by atoms with van der Waals surface area (Å²) in [7, 11) is 0. The number of anilines is 1. The molecule has 1 amide bonds. The number of benzene rings is 2. The van der Waals surface area contributed by atoms with Crippen molar-refractivity contribution < 1.29 is 4.79 Å². The van der Waals surface area contributed by atoms with Gasteiger partial charge in [-0.3, -0.25) is 9.78 Å². The van der Waals surface area contributed by atoms with Crippen LogP contribution in [0.5, 0.6) is 0 Å². The average molecular weight is 340 g/mol. The maximum Gasteiger partial charge on any atom is 0.256 e. The lowest BCUT2D eigenvalue weighted by molar-refractivity contribution is 0.102. The van der Waals surface area contributed by atoms with Gasteiger partial charge in [0.25, 0.3) is 5.91 Å². The van der Waals surface area contributed by atoms with E-state index in [1.807, 2.05) is 61.5 Å². The van der Waals surface area contributed by atoms with Gasteiger partial charge in [-0.15, -0.1) is 0 Å². The normalized spacial score (nSPS) is 10.7. The molecule has 5 nitrogen and oxygen atoms in total. The lowest BCUT2D eigenvalue weighted by atomic mass is 10.1. The molecule has 0 atom stereocenters. The summed E-state index contributed by atoms with van der Waals surface area (Å²) in [6.45, 7) is 1.88. The highest BCUT2D eigenvalue weighted by Gasteiger charge is 2.12. The van der Waals surface area contributed by atoms with Gasteiger partial charge in [0.2, 0.25) is 0 Å². The van der Waals surface area contributed by atoms with Gasteiger partial charge in [-0.1, -0.05) is 48.5 Å². The van der Waals surface area contributed by atoms with Gasteiger partial charge >= 0.3 is 0 Å². The summed E-state index contributed by atoms with van der Waals surface area (Å²) in [6.07, 6.45) is 3.23. The van der Waals surface area contributed by atoms with Crippen molar-refractivity contribution in [2.75, 3.05) is 5.32 Å². The fourth-order valence-corrected chi connectivity index (χ4v) is 2.82. The van der Waals surface area contributed by atoms with Crippen LogP contribution >= 0.6 is 0 Å². The van der Waals surface area contributed by atoms with E-state index in [0.717, 1.165) is 22.2 Å². The topological polar surface area (TPSA) is 67.8 Å². The van der Waals surface area contributed by atoms with E-state index in [1.165, 1.54) is 0 Å². The lowest BCUT2D eigenvalue weighted by Crippen LogP contribution is -2.13. The summed E-state index contributed by atoms with van der Waals surface area (Å²) in [6, 6.07) is 19.1. The molecule has 1 N–H and O–H groups in total. The summed E-state index contributed by atoms with van der Waals surface area (Å²) in [5.74, 6) is 0.413. The molecule has 0 aliphatic carbocycles. The van der Waals surface area contributed by atoms with Crippen molar-refractivity contribution in [2.45, 2.75) is 6.92 Å². The molecule has 0 fully saturated rings. The Morgan fingerprint density at radius 1 is 0.923 bits per heavy atom. The zero-order valence-corrected chi connectivity index (χ0v) is 14.2. The summed E-state index contributed by atoms with van der Waals surface area (Å²) < 4.78 is 0. The molecule has 126 valence electrons. The van der Waals surface area contributed by atoms with E-state index in [1.54, 1.807) is 18.5 Å². The zero-order chi connectivity index (χ0) is 17.9. The molecule has 2 heterocycles. The number of aromatic nitrogens is 3. The van der Waals surface area contributed by atoms with Crippen LogP contribution in [0.4, 0.5) is 5.69 Å². The van der Waals surface area contributed by atoms with E-state index in [9.17, 15) is 4.79 Å². The number of fused-ring (bicyclic) bond motifs is 1. The van der Waals surface area contributed by atoms with Crippen molar-refractivity contribution in [2.24, 2.45) is 0 Å². The number of para-hydroxylation sites is 1. The van der Waals surface area contributed by atoms with Crippen LogP contribution in [-0.4, -0.2) is 20.9 Å². The first kappa shape index (κ1) is 15.9. The van der Waals surface area contributed by atoms with E-state index in [-0.39, 0.29) is 5.91 Å². The van der Waals surface area contributed by atoms with Gasteiger partial charge in [0, 0.05) is 16.6 Å². The molecule has 0 aliphatic heterocycles. The van der Waals surface area contributed by atoms with Crippen molar-refractivity contribution in [1.82, 2.24) is 15.0 Å². The van der Waals surface area contributed by atoms with E-state index in [4.69, 9.17) is 0 Å². The average Bonchev–Trinajstić information content (AvgIpc) is 2.68. The maximum absolute atomic E-state index is 12.7. The molecule has 0 saturated carbocycles. The molecule has 26 heavy (non-hydrogen) atoms. The number of amides is 1. The third-order valence-corrected chi connectivity index (χ3v) is 4.03. The summed E-state index contributed by atoms with van der Waals surface area (Å²) in [4.78, 5) is 25.9. The minimum atomic E-state index is -0.206. The first-order valence-electron chi connectivity index (χ1n) is 8.26. The van der Waals surface area contributed by atoms with Crippen LogP contribution in [0.15, 0.2) is 73.1 Å². The number of nitrogens with zero attached hydrogens (tertiary/aromatic N) is 3. The van der Waals surface area contributed by atoms with E-state index in [2.05, 4.69) is 20.3 Å². The molecule has 0 saturated heterocycles. The Labute approximate surface area is 150 Å². The second-order valence-corrected chi connectivity index (χ2v) is 5.94. The van der Waals surface area contributed by atoms with Crippen LogP contribution < -0.4 is 5.32 Å². The van der Waals surface area contributed by atoms with Crippen LogP contribution in [0.3, 0.4) is 0 Å². The fraction of sp³-hybridized carbons (Fsp3) is 0.0476. The molecule has 5 heteroatoms. The van der Waals surface area contributed by atoms with Crippen LogP contribution in [0.2, 0.25) is 0 Å². The number of carbonyl (C=O) groups is 1. The Balaban J connectivity index is 1.61. The Kier molecular flexibility index (Phi) is 4.11. The smallest absolute Gasteiger partial charge is 0.256 e. The van der Waals surface area contributed by atoms with Gasteiger partial charge in [0.1, 0.15) is 0 Å². The van der Waals surface area contributed by atoms with Crippen molar-refractivity contribution in [1.29, 1.82) is 0 Å². The third kappa shape index (κ3) is 3.15. The summed E-state index contributed by atoms with van der Waals surface area (Å²) in [5, 5.41) is 3.68. The largest absolute Gasteiger partial charge is 0.319 e. The second kappa shape index (κ2) is 6.72. The molecule has 4 aromatic rings. The predicted molar refractivity (Wildman–Crippen MR) is 102 cm³/mol. The van der Waals surface area contributed by atoms with Gasteiger partial charge in [-0.05, 0) is 19.1 Å². The Morgan fingerprint density at radius 3 is 2.38 bits per heavy atom. The number of rotatable bonds is 3. The standard InChI is InChI=1S/C21H16N4O/c1-14-11-18(17-9-5-6-10-19(17)24-14)21(26)25-16-12-22-20(23-13-16)15-7-3-2-4-8-15/h2-13H,1H3,(H,25,26). The van der Waals surface area contributed by atoms with E-state index >= 15 is 0 Å². The van der Waals surface area contributed by atoms with Gasteiger partial charge in [-0.2, -0.15) is 0 Å². The zero-order valence-electron chi connectivity index (χ0n) is 14.2. The molecule has 4 rings (SSSR count). The number of carbonyl (C=O) groups excluding carboxylic acids is 1. The molecule has 0 aliphatic rings. The molecule has 0 bridgehead atoms. The van der Waals surface area contributed by atoms with Gasteiger partial charge in [0.05, 0.1) is 29.2 Å². The molecule has 0 radical (unpaired) electrons. The number of nitrogens with one attached hydrogen (secondary N) is 1. The quantitative estimate of drug-likeness (QED) is 0.605. The molecular weight excluding hydrogens is 324 g/mol. The summed E-state index contributed by atoms with van der Waals surface area (Å²) in [5.41, 5.74) is 3.66. The number of hydrogen-bond acceptors (Lipinski definition) is 4. The van der Waals surface area contributed by atoms with Gasteiger partial charge in [-0.25, -0.2) is 9.97 Å². The Hall–Kier alpha value is -3.60. The van der Waals surface area contributed by atoms with Crippen molar-refractivity contribution >= 4 is 22.5 Å². The molecular formula is C21H16N4O. The minimum Gasteiger partial charge on any atom is -0.319 e. The second-order valence-electron chi connectivity index (χ2n) is 5.94. The fourth-order valence-electron chi connectivity index (χ4n) is 2.82. The highest BCUT2D eigenvalue weighted by atomic mass is 16.1. The van der Waals surface area contributed by atoms with E-state index < -0.39 is 0 Å². The predicted octanol–water partition coefficient (Wildman–Crippen LogP) is 4.25. The molecule has 0 unspecified atom stereocenters. The number of pyridine rings is 1. The van der Waals surface area contributed by atoms with Crippen LogP contribution in [-0.2, 0) is 0 Å². The monoisotopic (exact) mass is 340 g/mol. The van der Waals surface area contributed by atoms with Crippen LogP contribution in [0.1, 0.15) is 16.1 Å². The van der Waals surface area contributed by atoms with Gasteiger partial charge < -0.3 is 5.32 Å². The number of hydrogen-bond donors (Lipinski definition) is 1. The van der Waals surface area contributed by atoms with Crippen molar-refractivity contribution in [3.8, 4) is 11.4 Å². The first-order chi connectivity index (χ1) is 12.7. The van der Waals surface area contributed by atoms with Gasteiger partial charge in [0.15, 0.2) is 5.82 Å². The van der Waals surface area contributed by atoms with Crippen molar-refractivity contribution in [3.05, 3.63) is 84.3 Å². The Bertz CT molecular complexity index is 1080. The molecule has 2 aromatic heterocycles. The third-order valence-electron chi connectivity index (χ3n) is 4.03. The molecule has 2 aromatic carbocycles. The minimum absolute atomic E-state index is 0.206. The van der Waals surface area contributed by atoms with Crippen LogP contribution in [0, 0.1) is 6.92 Å². The van der Waals surface area contributed by atoms with E-state index in [0.29, 0.717) is 17.1 Å². The lowest BCUT2D eigenvalue weighted by Gasteiger charge is -2.09. The number of aryl methyl sites for hydroxylation is 1. The Morgan fingerprint density at radius 2 is 1.62 bits per heavy atom. The SMILES string of the molecule is Cc1cc(C(=O)Nc2cnc(-c3ccccc3)nc2)c2ccccc2n1.